The lowest BCUT2D eigenvalue weighted by Gasteiger charge is -2.16. The standard InChI is InChI=1S/C10H16N4O/c1-6-8(3-4-15-6)14-10-5-9(11)12-7(2)13-10/h5-6,8H,3-4H2,1-2H3,(H3,11,12,13,14). The zero-order valence-corrected chi connectivity index (χ0v) is 9.03. The number of rotatable bonds is 2. The van der Waals surface area contributed by atoms with Crippen LogP contribution >= 0.6 is 0 Å². The predicted octanol–water partition coefficient (Wildman–Crippen LogP) is 0.957. The number of nitrogens with two attached hydrogens (primary N) is 1. The zero-order valence-electron chi connectivity index (χ0n) is 9.03. The van der Waals surface area contributed by atoms with E-state index in [1.54, 1.807) is 6.07 Å². The van der Waals surface area contributed by atoms with Crippen LogP contribution < -0.4 is 11.1 Å². The summed E-state index contributed by atoms with van der Waals surface area (Å²) in [4.78, 5) is 8.30. The number of aryl methyl sites for hydroxylation is 1. The molecule has 0 aromatic carbocycles. The molecule has 0 saturated carbocycles. The molecule has 2 heterocycles. The molecule has 1 aromatic heterocycles. The molecule has 3 N–H and O–H groups in total. The first-order valence-corrected chi connectivity index (χ1v) is 5.14. The Balaban J connectivity index is 2.10. The summed E-state index contributed by atoms with van der Waals surface area (Å²) in [6.07, 6.45) is 1.23. The Bertz CT molecular complexity index is 335. The van der Waals surface area contributed by atoms with Gasteiger partial charge in [0.15, 0.2) is 0 Å². The Morgan fingerprint density at radius 2 is 2.33 bits per heavy atom. The van der Waals surface area contributed by atoms with Crippen molar-refractivity contribution in [2.24, 2.45) is 0 Å². The lowest BCUT2D eigenvalue weighted by Crippen LogP contribution is -2.27. The number of nitrogens with zero attached hydrogens (tertiary/aromatic N) is 2. The van der Waals surface area contributed by atoms with Gasteiger partial charge in [0.2, 0.25) is 0 Å². The average molecular weight is 208 g/mol. The maximum absolute atomic E-state index is 5.65. The van der Waals surface area contributed by atoms with Crippen molar-refractivity contribution in [2.75, 3.05) is 17.7 Å². The van der Waals surface area contributed by atoms with E-state index in [9.17, 15) is 0 Å². The maximum atomic E-state index is 5.65. The Kier molecular flexibility index (Phi) is 2.73. The largest absolute Gasteiger partial charge is 0.384 e. The molecule has 1 saturated heterocycles. The SMILES string of the molecule is Cc1nc(N)cc(NC2CCOC2C)n1. The van der Waals surface area contributed by atoms with Crippen molar-refractivity contribution < 1.29 is 4.74 Å². The molecule has 0 amide bonds. The lowest BCUT2D eigenvalue weighted by molar-refractivity contribution is 0.121. The molecule has 1 fully saturated rings. The summed E-state index contributed by atoms with van der Waals surface area (Å²) < 4.78 is 5.46. The van der Waals surface area contributed by atoms with Crippen molar-refractivity contribution in [1.29, 1.82) is 0 Å². The van der Waals surface area contributed by atoms with Crippen LogP contribution in [-0.2, 0) is 4.74 Å². The van der Waals surface area contributed by atoms with Crippen LogP contribution in [0, 0.1) is 6.92 Å². The van der Waals surface area contributed by atoms with E-state index >= 15 is 0 Å². The van der Waals surface area contributed by atoms with Gasteiger partial charge in [-0.05, 0) is 20.3 Å². The second-order valence-corrected chi connectivity index (χ2v) is 3.84. The number of nitrogen functional groups attached to an aromatic ring is 1. The van der Waals surface area contributed by atoms with Gasteiger partial charge < -0.3 is 15.8 Å². The van der Waals surface area contributed by atoms with Crippen LogP contribution in [0.2, 0.25) is 0 Å². The minimum absolute atomic E-state index is 0.224. The van der Waals surface area contributed by atoms with E-state index in [1.807, 2.05) is 6.92 Å². The van der Waals surface area contributed by atoms with Crippen LogP contribution in [0.3, 0.4) is 0 Å². The fraction of sp³-hybridized carbons (Fsp3) is 0.600. The van der Waals surface area contributed by atoms with E-state index in [1.165, 1.54) is 0 Å². The quantitative estimate of drug-likeness (QED) is 0.757. The van der Waals surface area contributed by atoms with Gasteiger partial charge in [-0.15, -0.1) is 0 Å². The van der Waals surface area contributed by atoms with Crippen molar-refractivity contribution >= 4 is 11.6 Å². The van der Waals surface area contributed by atoms with E-state index in [0.717, 1.165) is 18.8 Å². The molecule has 2 unspecified atom stereocenters. The maximum Gasteiger partial charge on any atom is 0.132 e. The molecule has 1 aliphatic rings. The van der Waals surface area contributed by atoms with Gasteiger partial charge in [0, 0.05) is 12.7 Å². The summed E-state index contributed by atoms with van der Waals surface area (Å²) in [7, 11) is 0. The van der Waals surface area contributed by atoms with Crippen LogP contribution in [0.25, 0.3) is 0 Å². The first-order valence-electron chi connectivity index (χ1n) is 5.14. The van der Waals surface area contributed by atoms with Gasteiger partial charge in [0.25, 0.3) is 0 Å². The van der Waals surface area contributed by atoms with Crippen molar-refractivity contribution in [3.63, 3.8) is 0 Å². The van der Waals surface area contributed by atoms with E-state index in [2.05, 4.69) is 22.2 Å². The van der Waals surface area contributed by atoms with Crippen molar-refractivity contribution in [2.45, 2.75) is 32.4 Å². The van der Waals surface area contributed by atoms with E-state index < -0.39 is 0 Å². The van der Waals surface area contributed by atoms with Crippen LogP contribution in [0.5, 0.6) is 0 Å². The minimum Gasteiger partial charge on any atom is -0.384 e. The third-order valence-electron chi connectivity index (χ3n) is 2.57. The highest BCUT2D eigenvalue weighted by Crippen LogP contribution is 2.18. The second kappa shape index (κ2) is 4.02. The van der Waals surface area contributed by atoms with E-state index in [4.69, 9.17) is 10.5 Å². The first-order chi connectivity index (χ1) is 7.15. The van der Waals surface area contributed by atoms with Gasteiger partial charge in [-0.25, -0.2) is 9.97 Å². The molecule has 5 nitrogen and oxygen atoms in total. The van der Waals surface area contributed by atoms with Crippen molar-refractivity contribution in [3.8, 4) is 0 Å². The monoisotopic (exact) mass is 208 g/mol. The third kappa shape index (κ3) is 2.36. The number of hydrogen-bond acceptors (Lipinski definition) is 5. The van der Waals surface area contributed by atoms with Crippen LogP contribution in [0.1, 0.15) is 19.2 Å². The molecular formula is C10H16N4O. The predicted molar refractivity (Wildman–Crippen MR) is 58.6 cm³/mol. The number of hydrogen-bond donors (Lipinski definition) is 2. The number of ether oxygens (including phenoxy) is 1. The number of aromatic nitrogens is 2. The van der Waals surface area contributed by atoms with Crippen molar-refractivity contribution in [1.82, 2.24) is 9.97 Å². The molecule has 0 aliphatic carbocycles. The zero-order chi connectivity index (χ0) is 10.8. The summed E-state index contributed by atoms with van der Waals surface area (Å²) in [6, 6.07) is 2.07. The Morgan fingerprint density at radius 3 is 2.93 bits per heavy atom. The second-order valence-electron chi connectivity index (χ2n) is 3.84. The third-order valence-corrected chi connectivity index (χ3v) is 2.57. The molecule has 0 spiro atoms. The highest BCUT2D eigenvalue weighted by Gasteiger charge is 2.24. The van der Waals surface area contributed by atoms with Gasteiger partial charge in [-0.2, -0.15) is 0 Å². The topological polar surface area (TPSA) is 73.1 Å². The van der Waals surface area contributed by atoms with Gasteiger partial charge in [0.05, 0.1) is 12.1 Å². The molecule has 15 heavy (non-hydrogen) atoms. The molecule has 82 valence electrons. The van der Waals surface area contributed by atoms with Crippen LogP contribution in [0.4, 0.5) is 11.6 Å². The first kappa shape index (κ1) is 10.2. The summed E-state index contributed by atoms with van der Waals surface area (Å²) in [5.74, 6) is 1.96. The highest BCUT2D eigenvalue weighted by atomic mass is 16.5. The smallest absolute Gasteiger partial charge is 0.132 e. The summed E-state index contributed by atoms with van der Waals surface area (Å²) in [5, 5.41) is 3.32. The fourth-order valence-corrected chi connectivity index (χ4v) is 1.78. The normalized spacial score (nSPS) is 25.5. The molecular weight excluding hydrogens is 192 g/mol. The molecule has 0 bridgehead atoms. The molecule has 5 heteroatoms. The molecule has 2 atom stereocenters. The minimum atomic E-state index is 0.224. The summed E-state index contributed by atoms with van der Waals surface area (Å²) >= 11 is 0. The summed E-state index contributed by atoms with van der Waals surface area (Å²) in [6.45, 7) is 4.69. The lowest BCUT2D eigenvalue weighted by atomic mass is 10.1. The van der Waals surface area contributed by atoms with Crippen LogP contribution in [0.15, 0.2) is 6.07 Å². The number of nitrogens with one attached hydrogen (secondary N) is 1. The highest BCUT2D eigenvalue weighted by molar-refractivity contribution is 5.45. The van der Waals surface area contributed by atoms with Crippen molar-refractivity contribution in [3.05, 3.63) is 11.9 Å². The molecule has 2 rings (SSSR count). The molecule has 1 aromatic rings. The van der Waals surface area contributed by atoms with Gasteiger partial charge >= 0.3 is 0 Å². The number of anilines is 2. The average Bonchev–Trinajstić information content (AvgIpc) is 2.50. The Morgan fingerprint density at radius 1 is 1.53 bits per heavy atom. The van der Waals surface area contributed by atoms with E-state index in [-0.39, 0.29) is 6.10 Å². The van der Waals surface area contributed by atoms with Gasteiger partial charge in [-0.1, -0.05) is 0 Å². The Labute approximate surface area is 89.1 Å². The Hall–Kier alpha value is -1.36. The van der Waals surface area contributed by atoms with Crippen LogP contribution in [-0.4, -0.2) is 28.7 Å². The molecule has 0 radical (unpaired) electrons. The summed E-state index contributed by atoms with van der Waals surface area (Å²) in [5.41, 5.74) is 5.65. The fourth-order valence-electron chi connectivity index (χ4n) is 1.78. The van der Waals surface area contributed by atoms with Gasteiger partial charge in [0.1, 0.15) is 17.5 Å². The van der Waals surface area contributed by atoms with E-state index in [0.29, 0.717) is 17.7 Å². The molecule has 1 aliphatic heterocycles. The van der Waals surface area contributed by atoms with Gasteiger partial charge in [-0.3, -0.25) is 0 Å².